The van der Waals surface area contributed by atoms with Crippen molar-refractivity contribution in [2.75, 3.05) is 6.54 Å². The molecule has 0 aliphatic carbocycles. The van der Waals surface area contributed by atoms with Gasteiger partial charge in [-0.15, -0.1) is 0 Å². The fourth-order valence-corrected chi connectivity index (χ4v) is 0.787. The highest BCUT2D eigenvalue weighted by molar-refractivity contribution is 5.07. The standard InChI is InChI=1S/C7H12FN3/c1-7(8,4-9)6-3-11(2)5-10-6/h3,5H,4,9H2,1-2H3. The summed E-state index contributed by atoms with van der Waals surface area (Å²) < 4.78 is 15.1. The fraction of sp³-hybridized carbons (Fsp3) is 0.571. The Balaban J connectivity index is 2.92. The number of rotatable bonds is 2. The molecule has 0 saturated carbocycles. The van der Waals surface area contributed by atoms with Crippen molar-refractivity contribution < 1.29 is 4.39 Å². The molecule has 3 nitrogen and oxygen atoms in total. The van der Waals surface area contributed by atoms with Crippen molar-refractivity contribution in [2.45, 2.75) is 12.6 Å². The third kappa shape index (κ3) is 1.57. The van der Waals surface area contributed by atoms with Crippen LogP contribution in [0.4, 0.5) is 4.39 Å². The van der Waals surface area contributed by atoms with E-state index in [1.807, 2.05) is 0 Å². The number of aromatic nitrogens is 2. The summed E-state index contributed by atoms with van der Waals surface area (Å²) in [4.78, 5) is 3.87. The number of hydrogen-bond donors (Lipinski definition) is 1. The van der Waals surface area contributed by atoms with E-state index in [1.165, 1.54) is 6.92 Å². The molecule has 0 aliphatic rings. The van der Waals surface area contributed by atoms with Crippen molar-refractivity contribution in [3.05, 3.63) is 18.2 Å². The molecule has 0 amide bonds. The van der Waals surface area contributed by atoms with E-state index < -0.39 is 5.67 Å². The van der Waals surface area contributed by atoms with Crippen LogP contribution in [0.3, 0.4) is 0 Å². The van der Waals surface area contributed by atoms with Gasteiger partial charge in [-0.1, -0.05) is 0 Å². The Morgan fingerprint density at radius 3 is 2.82 bits per heavy atom. The van der Waals surface area contributed by atoms with Gasteiger partial charge in [0.15, 0.2) is 5.67 Å². The quantitative estimate of drug-likeness (QED) is 0.681. The van der Waals surface area contributed by atoms with Crippen molar-refractivity contribution in [1.82, 2.24) is 9.55 Å². The second-order valence-corrected chi connectivity index (χ2v) is 2.83. The Hall–Kier alpha value is -0.900. The van der Waals surface area contributed by atoms with Gasteiger partial charge >= 0.3 is 0 Å². The third-order valence-electron chi connectivity index (χ3n) is 1.62. The lowest BCUT2D eigenvalue weighted by Gasteiger charge is -2.13. The van der Waals surface area contributed by atoms with Crippen molar-refractivity contribution in [3.8, 4) is 0 Å². The molecule has 0 fully saturated rings. The van der Waals surface area contributed by atoms with Crippen molar-refractivity contribution in [2.24, 2.45) is 12.8 Å². The Morgan fingerprint density at radius 1 is 1.82 bits per heavy atom. The normalized spacial score (nSPS) is 16.4. The van der Waals surface area contributed by atoms with Gasteiger partial charge in [0.05, 0.1) is 12.0 Å². The van der Waals surface area contributed by atoms with Gasteiger partial charge < -0.3 is 10.3 Å². The summed E-state index contributed by atoms with van der Waals surface area (Å²) >= 11 is 0. The summed E-state index contributed by atoms with van der Waals surface area (Å²) in [6, 6.07) is 0. The summed E-state index contributed by atoms with van der Waals surface area (Å²) in [5.74, 6) is 0. The molecule has 2 N–H and O–H groups in total. The van der Waals surface area contributed by atoms with Crippen LogP contribution in [0.2, 0.25) is 0 Å². The lowest BCUT2D eigenvalue weighted by molar-refractivity contribution is 0.197. The molecule has 0 bridgehead atoms. The van der Waals surface area contributed by atoms with E-state index in [9.17, 15) is 4.39 Å². The Labute approximate surface area is 65.0 Å². The van der Waals surface area contributed by atoms with Gasteiger partial charge in [-0.2, -0.15) is 0 Å². The zero-order chi connectivity index (χ0) is 8.48. The number of nitrogens with zero attached hydrogens (tertiary/aromatic N) is 2. The van der Waals surface area contributed by atoms with E-state index in [1.54, 1.807) is 24.1 Å². The van der Waals surface area contributed by atoms with Crippen LogP contribution >= 0.6 is 0 Å². The molecule has 62 valence electrons. The molecule has 0 radical (unpaired) electrons. The molecule has 0 saturated heterocycles. The average Bonchev–Trinajstić information content (AvgIpc) is 2.36. The molecule has 1 aromatic heterocycles. The van der Waals surface area contributed by atoms with E-state index >= 15 is 0 Å². The predicted octanol–water partition coefficient (Wildman–Crippen LogP) is 0.564. The van der Waals surface area contributed by atoms with Crippen LogP contribution < -0.4 is 5.73 Å². The van der Waals surface area contributed by atoms with Gasteiger partial charge in [0.2, 0.25) is 0 Å². The molecular formula is C7H12FN3. The summed E-state index contributed by atoms with van der Waals surface area (Å²) in [5.41, 5.74) is 4.12. The molecular weight excluding hydrogens is 145 g/mol. The largest absolute Gasteiger partial charge is 0.340 e. The number of alkyl halides is 1. The number of aryl methyl sites for hydroxylation is 1. The average molecular weight is 157 g/mol. The second-order valence-electron chi connectivity index (χ2n) is 2.83. The zero-order valence-electron chi connectivity index (χ0n) is 6.71. The zero-order valence-corrected chi connectivity index (χ0v) is 6.71. The molecule has 1 heterocycles. The molecule has 1 rings (SSSR count). The molecule has 11 heavy (non-hydrogen) atoms. The number of hydrogen-bond acceptors (Lipinski definition) is 2. The van der Waals surface area contributed by atoms with Crippen LogP contribution in [0.15, 0.2) is 12.5 Å². The Kier molecular flexibility index (Phi) is 1.95. The lowest BCUT2D eigenvalue weighted by Crippen LogP contribution is -2.26. The van der Waals surface area contributed by atoms with Gasteiger partial charge in [-0.3, -0.25) is 0 Å². The highest BCUT2D eigenvalue weighted by atomic mass is 19.1. The van der Waals surface area contributed by atoms with Gasteiger partial charge in [0, 0.05) is 19.8 Å². The van der Waals surface area contributed by atoms with Crippen LogP contribution in [0, 0.1) is 0 Å². The highest BCUT2D eigenvalue weighted by Crippen LogP contribution is 2.21. The van der Waals surface area contributed by atoms with E-state index in [0.29, 0.717) is 5.69 Å². The number of nitrogens with two attached hydrogens (primary N) is 1. The van der Waals surface area contributed by atoms with Crippen LogP contribution in [-0.4, -0.2) is 16.1 Å². The number of halogens is 1. The van der Waals surface area contributed by atoms with Crippen molar-refractivity contribution >= 4 is 0 Å². The first-order chi connectivity index (χ1) is 5.06. The molecule has 0 aromatic carbocycles. The van der Waals surface area contributed by atoms with Crippen LogP contribution in [0.5, 0.6) is 0 Å². The van der Waals surface area contributed by atoms with E-state index in [2.05, 4.69) is 4.98 Å². The monoisotopic (exact) mass is 157 g/mol. The summed E-state index contributed by atoms with van der Waals surface area (Å²) in [5, 5.41) is 0. The van der Waals surface area contributed by atoms with Gasteiger partial charge in [-0.05, 0) is 6.92 Å². The van der Waals surface area contributed by atoms with Crippen molar-refractivity contribution in [3.63, 3.8) is 0 Å². The van der Waals surface area contributed by atoms with Crippen LogP contribution in [0.25, 0.3) is 0 Å². The Morgan fingerprint density at radius 2 is 2.45 bits per heavy atom. The minimum absolute atomic E-state index is 0.0377. The lowest BCUT2D eigenvalue weighted by atomic mass is 10.1. The summed E-state index contributed by atoms with van der Waals surface area (Å²) in [6.45, 7) is 1.39. The third-order valence-corrected chi connectivity index (χ3v) is 1.62. The Bertz CT molecular complexity index is 242. The minimum Gasteiger partial charge on any atom is -0.340 e. The maximum Gasteiger partial charge on any atom is 0.163 e. The SMILES string of the molecule is Cn1cnc(C(C)(F)CN)c1. The van der Waals surface area contributed by atoms with E-state index in [-0.39, 0.29) is 6.54 Å². The summed E-state index contributed by atoms with van der Waals surface area (Å²) in [7, 11) is 1.79. The van der Waals surface area contributed by atoms with Gasteiger partial charge in [0.1, 0.15) is 0 Å². The molecule has 1 atom stereocenters. The highest BCUT2D eigenvalue weighted by Gasteiger charge is 2.25. The van der Waals surface area contributed by atoms with Gasteiger partial charge in [0.25, 0.3) is 0 Å². The number of imidazole rings is 1. The molecule has 0 spiro atoms. The van der Waals surface area contributed by atoms with E-state index in [4.69, 9.17) is 5.73 Å². The maximum atomic E-state index is 13.4. The second kappa shape index (κ2) is 2.62. The molecule has 1 unspecified atom stereocenters. The molecule has 4 heteroatoms. The first-order valence-corrected chi connectivity index (χ1v) is 3.43. The molecule has 0 aliphatic heterocycles. The van der Waals surface area contributed by atoms with Gasteiger partial charge in [-0.25, -0.2) is 9.37 Å². The molecule has 1 aromatic rings. The first kappa shape index (κ1) is 8.20. The van der Waals surface area contributed by atoms with Crippen LogP contribution in [0.1, 0.15) is 12.6 Å². The first-order valence-electron chi connectivity index (χ1n) is 3.43. The smallest absolute Gasteiger partial charge is 0.163 e. The van der Waals surface area contributed by atoms with Crippen LogP contribution in [-0.2, 0) is 12.7 Å². The summed E-state index contributed by atoms with van der Waals surface area (Å²) in [6.07, 6.45) is 3.19. The topological polar surface area (TPSA) is 43.8 Å². The predicted molar refractivity (Wildman–Crippen MR) is 40.7 cm³/mol. The maximum absolute atomic E-state index is 13.4. The minimum atomic E-state index is -1.50. The fourth-order valence-electron chi connectivity index (χ4n) is 0.787. The van der Waals surface area contributed by atoms with E-state index in [0.717, 1.165) is 0 Å². The van der Waals surface area contributed by atoms with Crippen molar-refractivity contribution in [1.29, 1.82) is 0 Å².